The fraction of sp³-hybridized carbons (Fsp3) is 0.455. The van der Waals surface area contributed by atoms with Crippen LogP contribution in [0.25, 0.3) is 0 Å². The number of nitrogen functional groups attached to an aromatic ring is 1. The third-order valence-corrected chi connectivity index (χ3v) is 2.43. The number of hydrogen-bond acceptors (Lipinski definition) is 5. The van der Waals surface area contributed by atoms with Crippen LogP contribution in [0.5, 0.6) is 0 Å². The normalized spacial score (nSPS) is 10.4. The van der Waals surface area contributed by atoms with E-state index in [4.69, 9.17) is 11.3 Å². The SMILES string of the molecule is CNc1nc(NN)cc(C(C)C)c1C(C)=N. The lowest BCUT2D eigenvalue weighted by atomic mass is 9.95. The second-order valence-corrected chi connectivity index (χ2v) is 3.99. The quantitative estimate of drug-likeness (QED) is 0.355. The smallest absolute Gasteiger partial charge is 0.142 e. The number of hydrogen-bond donors (Lipinski definition) is 4. The van der Waals surface area contributed by atoms with Crippen LogP contribution in [0.4, 0.5) is 11.6 Å². The van der Waals surface area contributed by atoms with Gasteiger partial charge in [-0.25, -0.2) is 10.8 Å². The summed E-state index contributed by atoms with van der Waals surface area (Å²) in [7, 11) is 1.79. The van der Waals surface area contributed by atoms with Gasteiger partial charge in [0, 0.05) is 18.3 Å². The molecule has 0 aliphatic rings. The summed E-state index contributed by atoms with van der Waals surface area (Å²) in [6.07, 6.45) is 0. The summed E-state index contributed by atoms with van der Waals surface area (Å²) in [5, 5.41) is 10.8. The van der Waals surface area contributed by atoms with Crippen LogP contribution in [0.15, 0.2) is 6.07 Å². The molecule has 0 saturated carbocycles. The Bertz CT molecular complexity index is 398. The first-order valence-corrected chi connectivity index (χ1v) is 5.26. The van der Waals surface area contributed by atoms with Crippen LogP contribution in [0.3, 0.4) is 0 Å². The predicted molar refractivity (Wildman–Crippen MR) is 68.2 cm³/mol. The highest BCUT2D eigenvalue weighted by Gasteiger charge is 2.15. The lowest BCUT2D eigenvalue weighted by molar-refractivity contribution is 0.860. The van der Waals surface area contributed by atoms with Gasteiger partial charge in [-0.3, -0.25) is 0 Å². The summed E-state index contributed by atoms with van der Waals surface area (Å²) in [5.74, 6) is 6.99. The second kappa shape index (κ2) is 4.94. The molecule has 0 radical (unpaired) electrons. The second-order valence-electron chi connectivity index (χ2n) is 3.99. The van der Waals surface area contributed by atoms with Crippen LogP contribution < -0.4 is 16.6 Å². The number of nitrogens with two attached hydrogens (primary N) is 1. The minimum absolute atomic E-state index is 0.317. The monoisotopic (exact) mass is 221 g/mol. The van der Waals surface area contributed by atoms with Gasteiger partial charge in [0.1, 0.15) is 11.6 Å². The molecule has 0 aliphatic heterocycles. The van der Waals surface area contributed by atoms with Gasteiger partial charge in [0.05, 0.1) is 0 Å². The number of hydrazine groups is 1. The number of rotatable bonds is 4. The lowest BCUT2D eigenvalue weighted by Gasteiger charge is -2.17. The maximum absolute atomic E-state index is 7.81. The summed E-state index contributed by atoms with van der Waals surface area (Å²) in [6, 6.07) is 1.89. The van der Waals surface area contributed by atoms with E-state index >= 15 is 0 Å². The van der Waals surface area contributed by atoms with Gasteiger partial charge < -0.3 is 16.2 Å². The first kappa shape index (κ1) is 12.4. The molecule has 88 valence electrons. The van der Waals surface area contributed by atoms with Gasteiger partial charge >= 0.3 is 0 Å². The molecule has 0 aromatic carbocycles. The van der Waals surface area contributed by atoms with E-state index in [9.17, 15) is 0 Å². The van der Waals surface area contributed by atoms with Crippen LogP contribution in [-0.4, -0.2) is 17.7 Å². The van der Waals surface area contributed by atoms with Gasteiger partial charge in [-0.05, 0) is 24.5 Å². The molecule has 1 rings (SSSR count). The molecule has 0 unspecified atom stereocenters. The van der Waals surface area contributed by atoms with Gasteiger partial charge in [0.15, 0.2) is 0 Å². The van der Waals surface area contributed by atoms with Crippen molar-refractivity contribution in [3.63, 3.8) is 0 Å². The molecule has 5 heteroatoms. The maximum atomic E-state index is 7.81. The molecule has 0 atom stereocenters. The van der Waals surface area contributed by atoms with Crippen molar-refractivity contribution in [3.05, 3.63) is 17.2 Å². The highest BCUT2D eigenvalue weighted by Crippen LogP contribution is 2.27. The van der Waals surface area contributed by atoms with Crippen LogP contribution in [-0.2, 0) is 0 Å². The Kier molecular flexibility index (Phi) is 3.84. The molecular weight excluding hydrogens is 202 g/mol. The van der Waals surface area contributed by atoms with Crippen LogP contribution in [0, 0.1) is 5.41 Å². The van der Waals surface area contributed by atoms with Crippen LogP contribution in [0.1, 0.15) is 37.8 Å². The third kappa shape index (κ3) is 2.30. The molecule has 5 N–H and O–H groups in total. The summed E-state index contributed by atoms with van der Waals surface area (Å²) >= 11 is 0. The largest absolute Gasteiger partial charge is 0.373 e. The molecular formula is C11H19N5. The summed E-state index contributed by atoms with van der Waals surface area (Å²) in [5.41, 5.74) is 4.97. The van der Waals surface area contributed by atoms with Crippen LogP contribution >= 0.6 is 0 Å². The third-order valence-electron chi connectivity index (χ3n) is 2.43. The van der Waals surface area contributed by atoms with Gasteiger partial charge in [-0.15, -0.1) is 0 Å². The number of nitrogens with zero attached hydrogens (tertiary/aromatic N) is 1. The minimum atomic E-state index is 0.317. The molecule has 0 aliphatic carbocycles. The summed E-state index contributed by atoms with van der Waals surface area (Å²) in [4.78, 5) is 4.29. The zero-order valence-electron chi connectivity index (χ0n) is 10.2. The molecule has 1 heterocycles. The van der Waals surface area contributed by atoms with E-state index in [-0.39, 0.29) is 0 Å². The number of pyridine rings is 1. The number of nitrogens with one attached hydrogen (secondary N) is 3. The Balaban J connectivity index is 3.47. The van der Waals surface area contributed by atoms with Crippen molar-refractivity contribution >= 4 is 17.3 Å². The average Bonchev–Trinajstić information content (AvgIpc) is 2.26. The van der Waals surface area contributed by atoms with Crippen LogP contribution in [0.2, 0.25) is 0 Å². The standard InChI is InChI=1S/C11H19N5/c1-6(2)8-5-9(16-13)15-11(14-4)10(8)7(3)12/h5-6,12H,13H2,1-4H3,(H2,14,15,16). The zero-order valence-corrected chi connectivity index (χ0v) is 10.2. The highest BCUT2D eigenvalue weighted by molar-refractivity contribution is 6.02. The molecule has 0 amide bonds. The fourth-order valence-electron chi connectivity index (χ4n) is 1.67. The Hall–Kier alpha value is -1.62. The zero-order chi connectivity index (χ0) is 12.3. The van der Waals surface area contributed by atoms with Crippen molar-refractivity contribution in [1.82, 2.24) is 4.98 Å². The molecule has 0 bridgehead atoms. The predicted octanol–water partition coefficient (Wildman–Crippen LogP) is 1.92. The van der Waals surface area contributed by atoms with Crippen molar-refractivity contribution in [3.8, 4) is 0 Å². The molecule has 0 spiro atoms. The lowest BCUT2D eigenvalue weighted by Crippen LogP contribution is -2.14. The van der Waals surface area contributed by atoms with E-state index in [1.807, 2.05) is 6.07 Å². The molecule has 0 fully saturated rings. The van der Waals surface area contributed by atoms with Crippen molar-refractivity contribution in [2.45, 2.75) is 26.7 Å². The average molecular weight is 221 g/mol. The number of anilines is 2. The maximum Gasteiger partial charge on any atom is 0.142 e. The molecule has 5 nitrogen and oxygen atoms in total. The molecule has 0 saturated heterocycles. The van der Waals surface area contributed by atoms with E-state index in [0.29, 0.717) is 23.3 Å². The van der Waals surface area contributed by atoms with Crippen molar-refractivity contribution in [1.29, 1.82) is 5.41 Å². The van der Waals surface area contributed by atoms with E-state index in [1.54, 1.807) is 14.0 Å². The minimum Gasteiger partial charge on any atom is -0.373 e. The van der Waals surface area contributed by atoms with Gasteiger partial charge in [-0.1, -0.05) is 13.8 Å². The highest BCUT2D eigenvalue weighted by atomic mass is 15.3. The van der Waals surface area contributed by atoms with Gasteiger partial charge in [0.25, 0.3) is 0 Å². The topological polar surface area (TPSA) is 86.8 Å². The first-order valence-electron chi connectivity index (χ1n) is 5.26. The van der Waals surface area contributed by atoms with Crippen molar-refractivity contribution < 1.29 is 0 Å². The van der Waals surface area contributed by atoms with Gasteiger partial charge in [-0.2, -0.15) is 0 Å². The number of aromatic nitrogens is 1. The molecule has 1 aromatic heterocycles. The Labute approximate surface area is 95.9 Å². The Morgan fingerprint density at radius 3 is 2.50 bits per heavy atom. The van der Waals surface area contributed by atoms with Gasteiger partial charge in [0.2, 0.25) is 0 Å². The first-order chi connectivity index (χ1) is 7.51. The molecule has 16 heavy (non-hydrogen) atoms. The Morgan fingerprint density at radius 2 is 2.12 bits per heavy atom. The van der Waals surface area contributed by atoms with E-state index in [2.05, 4.69) is 29.6 Å². The van der Waals surface area contributed by atoms with E-state index < -0.39 is 0 Å². The summed E-state index contributed by atoms with van der Waals surface area (Å²) in [6.45, 7) is 5.93. The summed E-state index contributed by atoms with van der Waals surface area (Å²) < 4.78 is 0. The van der Waals surface area contributed by atoms with Crippen molar-refractivity contribution in [2.75, 3.05) is 17.8 Å². The Morgan fingerprint density at radius 1 is 1.50 bits per heavy atom. The van der Waals surface area contributed by atoms with E-state index in [1.165, 1.54) is 0 Å². The fourth-order valence-corrected chi connectivity index (χ4v) is 1.67. The molecule has 1 aromatic rings. The van der Waals surface area contributed by atoms with E-state index in [0.717, 1.165) is 11.1 Å². The van der Waals surface area contributed by atoms with Crippen molar-refractivity contribution in [2.24, 2.45) is 5.84 Å².